The molecule has 1 rings (SSSR count). The molecule has 0 saturated heterocycles. The minimum atomic E-state index is 0. The maximum Gasteiger partial charge on any atom is 1.00 e. The SMILES string of the molecule is CCC(C)Sc1s[nH]c(=S)c1C#N.[Na+]. The Kier molecular flexibility index (Phi) is 7.39. The molecule has 6 heteroatoms. The summed E-state index contributed by atoms with van der Waals surface area (Å²) in [4.78, 5) is 0. The van der Waals surface area contributed by atoms with Crippen molar-refractivity contribution in [3.63, 3.8) is 0 Å². The maximum absolute atomic E-state index is 8.83. The maximum atomic E-state index is 8.83. The molecule has 0 bridgehead atoms. The van der Waals surface area contributed by atoms with Gasteiger partial charge in [-0.3, -0.25) is 4.37 Å². The van der Waals surface area contributed by atoms with E-state index in [1.165, 1.54) is 11.5 Å². The number of hydrogen-bond donors (Lipinski definition) is 1. The molecule has 0 spiro atoms. The molecule has 1 heterocycles. The van der Waals surface area contributed by atoms with Gasteiger partial charge in [0, 0.05) is 5.25 Å². The molecule has 1 N–H and O–H groups in total. The van der Waals surface area contributed by atoms with Crippen LogP contribution in [-0.2, 0) is 0 Å². The van der Waals surface area contributed by atoms with Crippen LogP contribution < -0.4 is 29.6 Å². The summed E-state index contributed by atoms with van der Waals surface area (Å²) in [5, 5.41) is 9.37. The van der Waals surface area contributed by atoms with Gasteiger partial charge in [0.1, 0.15) is 16.3 Å². The number of nitrogens with one attached hydrogen (secondary N) is 1. The van der Waals surface area contributed by atoms with Crippen LogP contribution in [-0.4, -0.2) is 9.62 Å². The van der Waals surface area contributed by atoms with Gasteiger partial charge in [-0.2, -0.15) is 5.26 Å². The average molecular weight is 253 g/mol. The Morgan fingerprint density at radius 2 is 2.36 bits per heavy atom. The van der Waals surface area contributed by atoms with Gasteiger partial charge in [-0.15, -0.1) is 11.8 Å². The predicted molar refractivity (Wildman–Crippen MR) is 59.8 cm³/mol. The summed E-state index contributed by atoms with van der Waals surface area (Å²) in [7, 11) is 0. The summed E-state index contributed by atoms with van der Waals surface area (Å²) < 4.78 is 4.51. The number of rotatable bonds is 3. The Morgan fingerprint density at radius 1 is 1.71 bits per heavy atom. The third-order valence-electron chi connectivity index (χ3n) is 1.66. The van der Waals surface area contributed by atoms with E-state index in [2.05, 4.69) is 24.3 Å². The summed E-state index contributed by atoms with van der Waals surface area (Å²) >= 11 is 8.15. The second-order valence-electron chi connectivity index (χ2n) is 2.64. The monoisotopic (exact) mass is 253 g/mol. The van der Waals surface area contributed by atoms with Crippen LogP contribution in [0, 0.1) is 16.0 Å². The summed E-state index contributed by atoms with van der Waals surface area (Å²) in [5.74, 6) is 0. The van der Waals surface area contributed by atoms with E-state index in [9.17, 15) is 0 Å². The van der Waals surface area contributed by atoms with Gasteiger partial charge < -0.3 is 0 Å². The van der Waals surface area contributed by atoms with Crippen molar-refractivity contribution < 1.29 is 29.6 Å². The van der Waals surface area contributed by atoms with Crippen LogP contribution in [0.3, 0.4) is 0 Å². The first-order valence-electron chi connectivity index (χ1n) is 3.97. The molecule has 0 aliphatic rings. The number of nitrogens with zero attached hydrogens (tertiary/aromatic N) is 1. The van der Waals surface area contributed by atoms with Crippen LogP contribution in [0.2, 0.25) is 0 Å². The van der Waals surface area contributed by atoms with E-state index in [1.54, 1.807) is 11.8 Å². The second kappa shape index (κ2) is 7.04. The van der Waals surface area contributed by atoms with Crippen molar-refractivity contribution >= 4 is 35.5 Å². The summed E-state index contributed by atoms with van der Waals surface area (Å²) in [6.45, 7) is 4.28. The molecular formula is C8H10N2NaS3+. The van der Waals surface area contributed by atoms with Gasteiger partial charge in [0.15, 0.2) is 0 Å². The molecule has 70 valence electrons. The van der Waals surface area contributed by atoms with Crippen LogP contribution >= 0.6 is 35.5 Å². The summed E-state index contributed by atoms with van der Waals surface area (Å²) in [5.41, 5.74) is 0.630. The average Bonchev–Trinajstić information content (AvgIpc) is 2.46. The Morgan fingerprint density at radius 3 is 2.86 bits per heavy atom. The fourth-order valence-electron chi connectivity index (χ4n) is 0.733. The third kappa shape index (κ3) is 3.69. The topological polar surface area (TPSA) is 39.6 Å². The number of H-pyrrole nitrogens is 1. The first-order chi connectivity index (χ1) is 6.19. The van der Waals surface area contributed by atoms with E-state index in [0.29, 0.717) is 15.5 Å². The molecular weight excluding hydrogens is 243 g/mol. The van der Waals surface area contributed by atoms with E-state index < -0.39 is 0 Å². The normalized spacial score (nSPS) is 11.5. The minimum Gasteiger partial charge on any atom is -0.300 e. The molecule has 2 nitrogen and oxygen atoms in total. The van der Waals surface area contributed by atoms with Gasteiger partial charge in [0.25, 0.3) is 0 Å². The van der Waals surface area contributed by atoms with E-state index >= 15 is 0 Å². The van der Waals surface area contributed by atoms with Crippen LogP contribution in [0.5, 0.6) is 0 Å². The second-order valence-corrected chi connectivity index (χ2v) is 5.58. The molecule has 14 heavy (non-hydrogen) atoms. The number of nitriles is 1. The van der Waals surface area contributed by atoms with Gasteiger partial charge in [0.2, 0.25) is 0 Å². The number of aromatic nitrogens is 1. The van der Waals surface area contributed by atoms with Gasteiger partial charge >= 0.3 is 29.6 Å². The van der Waals surface area contributed by atoms with E-state index in [4.69, 9.17) is 17.5 Å². The van der Waals surface area contributed by atoms with Crippen LogP contribution in [0.1, 0.15) is 25.8 Å². The smallest absolute Gasteiger partial charge is 0.300 e. The van der Waals surface area contributed by atoms with Gasteiger partial charge in [-0.1, -0.05) is 37.6 Å². The standard InChI is InChI=1S/C8H10N2S3.Na/c1-3-5(2)12-8-6(4-9)7(11)10-13-8;/h5H,3H2,1-2H3,(H,10,11);/q;+1. The number of aromatic amines is 1. The molecule has 1 unspecified atom stereocenters. The van der Waals surface area contributed by atoms with E-state index in [-0.39, 0.29) is 29.6 Å². The fraction of sp³-hybridized carbons (Fsp3) is 0.500. The first kappa shape index (κ1) is 14.7. The largest absolute Gasteiger partial charge is 1.00 e. The van der Waals surface area contributed by atoms with Crippen molar-refractivity contribution in [1.29, 1.82) is 5.26 Å². The Hall–Kier alpha value is 0.690. The van der Waals surface area contributed by atoms with Crippen molar-refractivity contribution in [2.75, 3.05) is 0 Å². The molecule has 0 amide bonds. The Bertz CT molecular complexity index is 377. The molecule has 0 saturated carbocycles. The minimum absolute atomic E-state index is 0. The molecule has 1 aromatic heterocycles. The number of hydrogen-bond acceptors (Lipinski definition) is 4. The fourth-order valence-corrected chi connectivity index (χ4v) is 3.28. The number of thioether (sulfide) groups is 1. The Balaban J connectivity index is 0.00000169. The molecule has 1 atom stereocenters. The zero-order valence-electron chi connectivity index (χ0n) is 8.46. The molecule has 1 aromatic rings. The quantitative estimate of drug-likeness (QED) is 0.486. The Labute approximate surface area is 120 Å². The van der Waals surface area contributed by atoms with Gasteiger partial charge in [0.05, 0.1) is 4.21 Å². The third-order valence-corrected chi connectivity index (χ3v) is 4.49. The summed E-state index contributed by atoms with van der Waals surface area (Å²) in [6.07, 6.45) is 1.10. The molecule has 0 aliphatic heterocycles. The zero-order chi connectivity index (χ0) is 9.84. The van der Waals surface area contributed by atoms with Crippen molar-refractivity contribution in [1.82, 2.24) is 4.37 Å². The van der Waals surface area contributed by atoms with E-state index in [0.717, 1.165) is 10.6 Å². The molecule has 0 aliphatic carbocycles. The van der Waals surface area contributed by atoms with Crippen molar-refractivity contribution in [3.05, 3.63) is 10.2 Å². The van der Waals surface area contributed by atoms with E-state index in [1.807, 2.05) is 0 Å². The summed E-state index contributed by atoms with van der Waals surface area (Å²) in [6, 6.07) is 2.13. The van der Waals surface area contributed by atoms with Gasteiger partial charge in [-0.25, -0.2) is 0 Å². The van der Waals surface area contributed by atoms with Gasteiger partial charge in [-0.05, 0) is 6.42 Å². The molecule has 0 aromatic carbocycles. The van der Waals surface area contributed by atoms with Crippen molar-refractivity contribution in [2.45, 2.75) is 29.7 Å². The van der Waals surface area contributed by atoms with Crippen molar-refractivity contribution in [3.8, 4) is 6.07 Å². The molecule has 0 fully saturated rings. The zero-order valence-corrected chi connectivity index (χ0v) is 12.9. The van der Waals surface area contributed by atoms with Crippen LogP contribution in [0.4, 0.5) is 0 Å². The van der Waals surface area contributed by atoms with Crippen molar-refractivity contribution in [2.24, 2.45) is 0 Å². The predicted octanol–water partition coefficient (Wildman–Crippen LogP) is 0.572. The van der Waals surface area contributed by atoms with Crippen LogP contribution in [0.25, 0.3) is 0 Å². The molecule has 0 radical (unpaired) electrons. The van der Waals surface area contributed by atoms with Crippen LogP contribution in [0.15, 0.2) is 4.21 Å². The first-order valence-corrected chi connectivity index (χ1v) is 6.07.